The molecule has 2 aromatic rings. The largest absolute Gasteiger partial charge is 0.493 e. The first kappa shape index (κ1) is 14.8. The first-order valence-electron chi connectivity index (χ1n) is 6.01. The van der Waals surface area contributed by atoms with Gasteiger partial charge < -0.3 is 15.2 Å². The zero-order valence-corrected chi connectivity index (χ0v) is 12.8. The van der Waals surface area contributed by atoms with Gasteiger partial charge in [0.25, 0.3) is 0 Å². The molecule has 0 fully saturated rings. The molecule has 0 aliphatic rings. The van der Waals surface area contributed by atoms with Gasteiger partial charge in [0, 0.05) is 16.6 Å². The normalized spacial score (nSPS) is 10.4. The average molecular weight is 340 g/mol. The molecule has 0 saturated carbocycles. The SMILES string of the molecule is COc1cc(CN)c(-c2cc(Br)ccc2F)cc1OC. The molecule has 20 heavy (non-hydrogen) atoms. The van der Waals surface area contributed by atoms with Gasteiger partial charge in [0.1, 0.15) is 5.82 Å². The van der Waals surface area contributed by atoms with Crippen LogP contribution in [0.5, 0.6) is 11.5 Å². The Morgan fingerprint density at radius 2 is 1.70 bits per heavy atom. The highest BCUT2D eigenvalue weighted by Crippen LogP contribution is 2.37. The van der Waals surface area contributed by atoms with E-state index in [1.54, 1.807) is 38.5 Å². The van der Waals surface area contributed by atoms with Gasteiger partial charge in [-0.15, -0.1) is 0 Å². The predicted molar refractivity (Wildman–Crippen MR) is 80.5 cm³/mol. The molecule has 0 aromatic heterocycles. The third-order valence-corrected chi connectivity index (χ3v) is 3.54. The Morgan fingerprint density at radius 3 is 2.30 bits per heavy atom. The number of ether oxygens (including phenoxy) is 2. The summed E-state index contributed by atoms with van der Waals surface area (Å²) in [4.78, 5) is 0. The lowest BCUT2D eigenvalue weighted by Crippen LogP contribution is -2.02. The van der Waals surface area contributed by atoms with Crippen LogP contribution in [0.3, 0.4) is 0 Å². The standard InChI is InChI=1S/C15H15BrFNO2/c1-19-14-5-9(8-18)11(7-15(14)20-2)12-6-10(16)3-4-13(12)17/h3-7H,8,18H2,1-2H3. The molecule has 0 atom stereocenters. The Kier molecular flexibility index (Phi) is 4.62. The second-order valence-corrected chi connectivity index (χ2v) is 5.11. The number of methoxy groups -OCH3 is 2. The van der Waals surface area contributed by atoms with Crippen molar-refractivity contribution >= 4 is 15.9 Å². The van der Waals surface area contributed by atoms with E-state index in [2.05, 4.69) is 15.9 Å². The van der Waals surface area contributed by atoms with Crippen molar-refractivity contribution in [2.75, 3.05) is 14.2 Å². The summed E-state index contributed by atoms with van der Waals surface area (Å²) in [6, 6.07) is 8.30. The average Bonchev–Trinajstić information content (AvgIpc) is 2.48. The van der Waals surface area contributed by atoms with Crippen LogP contribution in [0, 0.1) is 5.82 Å². The molecule has 0 saturated heterocycles. The van der Waals surface area contributed by atoms with Gasteiger partial charge >= 0.3 is 0 Å². The monoisotopic (exact) mass is 339 g/mol. The van der Waals surface area contributed by atoms with Crippen LogP contribution in [0.2, 0.25) is 0 Å². The zero-order valence-electron chi connectivity index (χ0n) is 11.2. The van der Waals surface area contributed by atoms with Crippen LogP contribution < -0.4 is 15.2 Å². The van der Waals surface area contributed by atoms with E-state index in [0.29, 0.717) is 22.6 Å². The Bertz CT molecular complexity index is 632. The second kappa shape index (κ2) is 6.24. The molecular weight excluding hydrogens is 325 g/mol. The molecule has 0 unspecified atom stereocenters. The highest BCUT2D eigenvalue weighted by Gasteiger charge is 2.15. The third kappa shape index (κ3) is 2.78. The lowest BCUT2D eigenvalue weighted by Gasteiger charge is -2.15. The number of hydrogen-bond donors (Lipinski definition) is 1. The van der Waals surface area contributed by atoms with Crippen molar-refractivity contribution in [3.8, 4) is 22.6 Å². The van der Waals surface area contributed by atoms with E-state index >= 15 is 0 Å². The predicted octanol–water partition coefficient (Wildman–Crippen LogP) is 3.73. The van der Waals surface area contributed by atoms with E-state index in [9.17, 15) is 4.39 Å². The Labute approximate surface area is 125 Å². The summed E-state index contributed by atoms with van der Waals surface area (Å²) in [5.74, 6) is 0.807. The van der Waals surface area contributed by atoms with Gasteiger partial charge in [-0.25, -0.2) is 4.39 Å². The fraction of sp³-hybridized carbons (Fsp3) is 0.200. The molecule has 5 heteroatoms. The maximum absolute atomic E-state index is 14.1. The van der Waals surface area contributed by atoms with Gasteiger partial charge in [0.15, 0.2) is 11.5 Å². The molecule has 0 heterocycles. The van der Waals surface area contributed by atoms with Gasteiger partial charge in [-0.05, 0) is 41.5 Å². The smallest absolute Gasteiger partial charge is 0.161 e. The van der Waals surface area contributed by atoms with Gasteiger partial charge in [0.2, 0.25) is 0 Å². The quantitative estimate of drug-likeness (QED) is 0.922. The van der Waals surface area contributed by atoms with E-state index in [1.807, 2.05) is 0 Å². The zero-order chi connectivity index (χ0) is 14.7. The molecular formula is C15H15BrFNO2. The molecule has 3 nitrogen and oxygen atoms in total. The van der Waals surface area contributed by atoms with Crippen molar-refractivity contribution in [2.45, 2.75) is 6.54 Å². The first-order valence-corrected chi connectivity index (χ1v) is 6.80. The van der Waals surface area contributed by atoms with Crippen LogP contribution in [0.25, 0.3) is 11.1 Å². The maximum Gasteiger partial charge on any atom is 0.161 e. The minimum Gasteiger partial charge on any atom is -0.493 e. The molecule has 2 aromatic carbocycles. The summed E-state index contributed by atoms with van der Waals surface area (Å²) in [5.41, 5.74) is 7.72. The summed E-state index contributed by atoms with van der Waals surface area (Å²) in [6.45, 7) is 0.279. The van der Waals surface area contributed by atoms with E-state index in [4.69, 9.17) is 15.2 Å². The third-order valence-electron chi connectivity index (χ3n) is 3.05. The Balaban J connectivity index is 2.69. The molecule has 2 N–H and O–H groups in total. The van der Waals surface area contributed by atoms with Crippen LogP contribution >= 0.6 is 15.9 Å². The number of hydrogen-bond acceptors (Lipinski definition) is 3. The van der Waals surface area contributed by atoms with Crippen LogP contribution in [-0.4, -0.2) is 14.2 Å². The molecule has 0 amide bonds. The number of nitrogens with two attached hydrogens (primary N) is 1. The second-order valence-electron chi connectivity index (χ2n) is 4.19. The number of rotatable bonds is 4. The molecule has 106 valence electrons. The van der Waals surface area contributed by atoms with Crippen LogP contribution in [0.15, 0.2) is 34.8 Å². The fourth-order valence-corrected chi connectivity index (χ4v) is 2.41. The topological polar surface area (TPSA) is 44.5 Å². The highest BCUT2D eigenvalue weighted by molar-refractivity contribution is 9.10. The van der Waals surface area contributed by atoms with Crippen molar-refractivity contribution in [1.82, 2.24) is 0 Å². The van der Waals surface area contributed by atoms with E-state index in [1.165, 1.54) is 6.07 Å². The summed E-state index contributed by atoms with van der Waals surface area (Å²) in [6.07, 6.45) is 0. The molecule has 0 spiro atoms. The van der Waals surface area contributed by atoms with E-state index < -0.39 is 0 Å². The van der Waals surface area contributed by atoms with Gasteiger partial charge in [-0.1, -0.05) is 15.9 Å². The Hall–Kier alpha value is -1.59. The number of halogens is 2. The highest BCUT2D eigenvalue weighted by atomic mass is 79.9. The lowest BCUT2D eigenvalue weighted by atomic mass is 9.98. The van der Waals surface area contributed by atoms with Crippen molar-refractivity contribution in [3.63, 3.8) is 0 Å². The number of benzene rings is 2. The lowest BCUT2D eigenvalue weighted by molar-refractivity contribution is 0.354. The summed E-state index contributed by atoms with van der Waals surface area (Å²) in [7, 11) is 3.10. The molecule has 2 rings (SSSR count). The molecule has 0 aliphatic heterocycles. The Morgan fingerprint density at radius 1 is 1.05 bits per heavy atom. The van der Waals surface area contributed by atoms with Crippen LogP contribution in [-0.2, 0) is 6.54 Å². The molecule has 0 aliphatic carbocycles. The maximum atomic E-state index is 14.1. The first-order chi connectivity index (χ1) is 9.60. The van der Waals surface area contributed by atoms with E-state index in [-0.39, 0.29) is 12.4 Å². The van der Waals surface area contributed by atoms with Gasteiger partial charge in [0.05, 0.1) is 14.2 Å². The van der Waals surface area contributed by atoms with Gasteiger partial charge in [-0.2, -0.15) is 0 Å². The van der Waals surface area contributed by atoms with Crippen LogP contribution in [0.4, 0.5) is 4.39 Å². The summed E-state index contributed by atoms with van der Waals surface area (Å²) in [5, 5.41) is 0. The molecule has 0 bridgehead atoms. The van der Waals surface area contributed by atoms with Crippen LogP contribution in [0.1, 0.15) is 5.56 Å². The fourth-order valence-electron chi connectivity index (χ4n) is 2.04. The minimum absolute atomic E-state index is 0.279. The van der Waals surface area contributed by atoms with E-state index in [0.717, 1.165) is 10.0 Å². The summed E-state index contributed by atoms with van der Waals surface area (Å²) < 4.78 is 25.4. The van der Waals surface area contributed by atoms with Crippen molar-refractivity contribution in [2.24, 2.45) is 5.73 Å². The van der Waals surface area contributed by atoms with Crippen molar-refractivity contribution < 1.29 is 13.9 Å². The van der Waals surface area contributed by atoms with Gasteiger partial charge in [-0.3, -0.25) is 0 Å². The summed E-state index contributed by atoms with van der Waals surface area (Å²) >= 11 is 3.35. The van der Waals surface area contributed by atoms with Crippen molar-refractivity contribution in [1.29, 1.82) is 0 Å². The van der Waals surface area contributed by atoms with Crippen molar-refractivity contribution in [3.05, 3.63) is 46.2 Å². The minimum atomic E-state index is -0.310. The molecule has 0 radical (unpaired) electrons.